The lowest BCUT2D eigenvalue weighted by molar-refractivity contribution is 0.102. The Labute approximate surface area is 110 Å². The average molecular weight is 265 g/mol. The van der Waals surface area contributed by atoms with Gasteiger partial charge in [0.25, 0.3) is 5.91 Å². The third-order valence-corrected chi connectivity index (χ3v) is 2.73. The van der Waals surface area contributed by atoms with Crippen LogP contribution >= 0.6 is 11.6 Å². The number of nitrogens with one attached hydrogen (secondary N) is 2. The number of aromatic nitrogens is 3. The highest BCUT2D eigenvalue weighted by molar-refractivity contribution is 6.34. The van der Waals surface area contributed by atoms with Crippen molar-refractivity contribution in [2.75, 3.05) is 5.32 Å². The number of nitrogens with zero attached hydrogens (tertiary/aromatic N) is 2. The van der Waals surface area contributed by atoms with Crippen LogP contribution in [0, 0.1) is 0 Å². The maximum atomic E-state index is 11.9. The second-order valence-electron chi connectivity index (χ2n) is 3.84. The second-order valence-corrected chi connectivity index (χ2v) is 4.25. The van der Waals surface area contributed by atoms with Crippen LogP contribution in [-0.4, -0.2) is 21.1 Å². The van der Waals surface area contributed by atoms with Crippen molar-refractivity contribution >= 4 is 23.3 Å². The van der Waals surface area contributed by atoms with Crippen molar-refractivity contribution in [3.8, 4) is 0 Å². The average Bonchev–Trinajstić information content (AvgIpc) is 2.77. The zero-order valence-corrected chi connectivity index (χ0v) is 10.7. The monoisotopic (exact) mass is 264 g/mol. The van der Waals surface area contributed by atoms with E-state index in [0.29, 0.717) is 16.4 Å². The van der Waals surface area contributed by atoms with E-state index >= 15 is 0 Å². The van der Waals surface area contributed by atoms with Gasteiger partial charge in [-0.05, 0) is 12.5 Å². The molecule has 2 N–H and O–H groups in total. The van der Waals surface area contributed by atoms with Gasteiger partial charge >= 0.3 is 0 Å². The maximum absolute atomic E-state index is 11.9. The normalized spacial score (nSPS) is 10.3. The van der Waals surface area contributed by atoms with Crippen LogP contribution < -0.4 is 5.32 Å². The topological polar surface area (TPSA) is 70.7 Å². The highest BCUT2D eigenvalue weighted by Crippen LogP contribution is 2.15. The molecule has 94 valence electrons. The molecule has 5 nitrogen and oxygen atoms in total. The van der Waals surface area contributed by atoms with Crippen molar-refractivity contribution in [3.05, 3.63) is 40.8 Å². The predicted molar refractivity (Wildman–Crippen MR) is 69.8 cm³/mol. The molecule has 0 spiro atoms. The standard InChI is InChI=1S/C12H13ClN4O/c1-2-3-8-6-11(17-16-8)15-12(18)9-7-14-5-4-10(9)13/h4-7H,2-3H2,1H3,(H2,15,16,17,18). The fraction of sp³-hybridized carbons (Fsp3) is 0.250. The quantitative estimate of drug-likeness (QED) is 0.892. The number of aryl methyl sites for hydroxylation is 1. The Kier molecular flexibility index (Phi) is 3.94. The first-order chi connectivity index (χ1) is 8.70. The molecule has 0 fully saturated rings. The predicted octanol–water partition coefficient (Wildman–Crippen LogP) is 2.66. The molecule has 18 heavy (non-hydrogen) atoms. The molecule has 0 unspecified atom stereocenters. The summed E-state index contributed by atoms with van der Waals surface area (Å²) < 4.78 is 0. The van der Waals surface area contributed by atoms with E-state index in [4.69, 9.17) is 11.6 Å². The molecule has 2 heterocycles. The Balaban J connectivity index is 2.09. The molecule has 0 radical (unpaired) electrons. The minimum Gasteiger partial charge on any atom is -0.305 e. The number of pyridine rings is 1. The number of amides is 1. The van der Waals surface area contributed by atoms with Crippen molar-refractivity contribution in [3.63, 3.8) is 0 Å². The van der Waals surface area contributed by atoms with Gasteiger partial charge in [0.05, 0.1) is 10.6 Å². The van der Waals surface area contributed by atoms with Gasteiger partial charge < -0.3 is 5.32 Å². The molecule has 0 saturated heterocycles. The number of hydrogen-bond acceptors (Lipinski definition) is 3. The fourth-order valence-electron chi connectivity index (χ4n) is 1.55. The summed E-state index contributed by atoms with van der Waals surface area (Å²) in [5, 5.41) is 9.91. The zero-order valence-electron chi connectivity index (χ0n) is 9.90. The first-order valence-corrected chi connectivity index (χ1v) is 6.03. The lowest BCUT2D eigenvalue weighted by Crippen LogP contribution is -2.13. The van der Waals surface area contributed by atoms with Crippen molar-refractivity contribution < 1.29 is 4.79 Å². The number of halogens is 1. The molecule has 0 aromatic carbocycles. The van der Waals surface area contributed by atoms with E-state index in [-0.39, 0.29) is 5.91 Å². The number of anilines is 1. The van der Waals surface area contributed by atoms with Crippen LogP contribution in [0.4, 0.5) is 5.82 Å². The molecule has 6 heteroatoms. The van der Waals surface area contributed by atoms with Crippen molar-refractivity contribution in [2.45, 2.75) is 19.8 Å². The summed E-state index contributed by atoms with van der Waals surface area (Å²) in [7, 11) is 0. The first kappa shape index (κ1) is 12.6. The second kappa shape index (κ2) is 5.64. The van der Waals surface area contributed by atoms with E-state index in [2.05, 4.69) is 27.4 Å². The van der Waals surface area contributed by atoms with Crippen LogP contribution in [0.5, 0.6) is 0 Å². The van der Waals surface area contributed by atoms with Gasteiger partial charge in [-0.2, -0.15) is 5.10 Å². The van der Waals surface area contributed by atoms with Gasteiger partial charge in [0.2, 0.25) is 0 Å². The van der Waals surface area contributed by atoms with E-state index in [9.17, 15) is 4.79 Å². The molecule has 0 atom stereocenters. The first-order valence-electron chi connectivity index (χ1n) is 5.66. The van der Waals surface area contributed by atoms with Gasteiger partial charge in [-0.15, -0.1) is 0 Å². The number of rotatable bonds is 4. The maximum Gasteiger partial charge on any atom is 0.259 e. The Morgan fingerprint density at radius 2 is 2.39 bits per heavy atom. The minimum atomic E-state index is -0.317. The molecular weight excluding hydrogens is 252 g/mol. The van der Waals surface area contributed by atoms with Gasteiger partial charge in [-0.3, -0.25) is 14.9 Å². The van der Waals surface area contributed by atoms with Crippen molar-refractivity contribution in [2.24, 2.45) is 0 Å². The van der Waals surface area contributed by atoms with Crippen LogP contribution in [0.15, 0.2) is 24.5 Å². The van der Waals surface area contributed by atoms with Gasteiger partial charge in [0.1, 0.15) is 0 Å². The molecule has 2 rings (SSSR count). The van der Waals surface area contributed by atoms with E-state index in [1.54, 1.807) is 6.07 Å². The largest absolute Gasteiger partial charge is 0.305 e. The smallest absolute Gasteiger partial charge is 0.259 e. The van der Waals surface area contributed by atoms with E-state index in [0.717, 1.165) is 18.5 Å². The molecule has 2 aromatic heterocycles. The third kappa shape index (κ3) is 2.87. The summed E-state index contributed by atoms with van der Waals surface area (Å²) in [6.45, 7) is 2.08. The Bertz CT molecular complexity index is 553. The molecule has 0 aliphatic carbocycles. The van der Waals surface area contributed by atoms with Crippen LogP contribution in [0.3, 0.4) is 0 Å². The van der Waals surface area contributed by atoms with E-state index < -0.39 is 0 Å². The minimum absolute atomic E-state index is 0.317. The SMILES string of the molecule is CCCc1cc(NC(=O)c2cnccc2Cl)n[nH]1. The lowest BCUT2D eigenvalue weighted by Gasteiger charge is -2.02. The number of aromatic amines is 1. The number of hydrogen-bond donors (Lipinski definition) is 2. The molecule has 0 bridgehead atoms. The van der Waals surface area contributed by atoms with Crippen molar-refractivity contribution in [1.29, 1.82) is 0 Å². The van der Waals surface area contributed by atoms with Gasteiger partial charge in [-0.1, -0.05) is 24.9 Å². The number of carbonyl (C=O) groups is 1. The summed E-state index contributed by atoms with van der Waals surface area (Å²) in [5.41, 5.74) is 1.32. The van der Waals surface area contributed by atoms with Crippen LogP contribution in [0.25, 0.3) is 0 Å². The summed E-state index contributed by atoms with van der Waals surface area (Å²) in [5.74, 6) is 0.172. The molecule has 0 aliphatic rings. The van der Waals surface area contributed by atoms with E-state index in [1.165, 1.54) is 12.4 Å². The molecular formula is C12H13ClN4O. The van der Waals surface area contributed by atoms with Crippen molar-refractivity contribution in [1.82, 2.24) is 15.2 Å². The molecule has 2 aromatic rings. The Morgan fingerprint density at radius 1 is 1.56 bits per heavy atom. The van der Waals surface area contributed by atoms with Crippen LogP contribution in [0.2, 0.25) is 5.02 Å². The highest BCUT2D eigenvalue weighted by Gasteiger charge is 2.11. The Hall–Kier alpha value is -1.88. The van der Waals surface area contributed by atoms with Crippen LogP contribution in [0.1, 0.15) is 29.4 Å². The third-order valence-electron chi connectivity index (χ3n) is 2.40. The van der Waals surface area contributed by atoms with Gasteiger partial charge in [0.15, 0.2) is 5.82 Å². The molecule has 1 amide bonds. The van der Waals surface area contributed by atoms with Gasteiger partial charge in [0, 0.05) is 24.2 Å². The Morgan fingerprint density at radius 3 is 3.11 bits per heavy atom. The summed E-state index contributed by atoms with van der Waals surface area (Å²) in [6.07, 6.45) is 4.88. The number of H-pyrrole nitrogens is 1. The zero-order chi connectivity index (χ0) is 13.0. The van der Waals surface area contributed by atoms with Crippen LogP contribution in [-0.2, 0) is 6.42 Å². The van der Waals surface area contributed by atoms with E-state index in [1.807, 2.05) is 6.07 Å². The highest BCUT2D eigenvalue weighted by atomic mass is 35.5. The number of carbonyl (C=O) groups excluding carboxylic acids is 1. The lowest BCUT2D eigenvalue weighted by atomic mass is 10.2. The summed E-state index contributed by atoms with van der Waals surface area (Å²) in [6, 6.07) is 3.38. The van der Waals surface area contributed by atoms with Gasteiger partial charge in [-0.25, -0.2) is 0 Å². The molecule has 0 aliphatic heterocycles. The molecule has 0 saturated carbocycles. The summed E-state index contributed by atoms with van der Waals surface area (Å²) in [4.78, 5) is 15.8. The fourth-order valence-corrected chi connectivity index (χ4v) is 1.74. The summed E-state index contributed by atoms with van der Waals surface area (Å²) >= 11 is 5.91.